The third-order valence-electron chi connectivity index (χ3n) is 3.71. The largest absolute Gasteiger partial charge is 0.445 e. The molecule has 0 saturated carbocycles. The molecule has 0 heterocycles. The van der Waals surface area contributed by atoms with Gasteiger partial charge < -0.3 is 10.1 Å². The van der Waals surface area contributed by atoms with Crippen LogP contribution in [0.2, 0.25) is 0 Å². The Morgan fingerprint density at radius 2 is 1.86 bits per heavy atom. The Hall–Kier alpha value is -1.84. The fourth-order valence-corrected chi connectivity index (χ4v) is 1.90. The van der Waals surface area contributed by atoms with E-state index in [1.54, 1.807) is 0 Å². The highest BCUT2D eigenvalue weighted by Crippen LogP contribution is 2.26. The maximum Gasteiger partial charge on any atom is 0.408 e. The molecule has 0 saturated heterocycles. The van der Waals surface area contributed by atoms with Gasteiger partial charge in [0, 0.05) is 0 Å². The van der Waals surface area contributed by atoms with Gasteiger partial charge in [0.25, 0.3) is 0 Å². The number of nitrogens with one attached hydrogen (secondary N) is 1. The first kappa shape index (κ1) is 17.2. The molecular weight excluding hydrogens is 266 g/mol. The average Bonchev–Trinajstić information content (AvgIpc) is 2.45. The van der Waals surface area contributed by atoms with Crippen molar-refractivity contribution in [3.05, 3.63) is 35.9 Å². The van der Waals surface area contributed by atoms with Crippen molar-refractivity contribution in [3.8, 4) is 0 Å². The summed E-state index contributed by atoms with van der Waals surface area (Å²) < 4.78 is 5.15. The van der Waals surface area contributed by atoms with E-state index in [2.05, 4.69) is 26.1 Å². The predicted octanol–water partition coefficient (Wildman–Crippen LogP) is 3.70. The second-order valence-corrected chi connectivity index (χ2v) is 6.09. The number of carbonyl (C=O) groups is 2. The normalized spacial score (nSPS) is 12.6. The quantitative estimate of drug-likeness (QED) is 0.833. The lowest BCUT2D eigenvalue weighted by molar-refractivity contribution is -0.119. The number of hydrogen-bond donors (Lipinski definition) is 1. The molecule has 1 aromatic carbocycles. The molecule has 0 fully saturated rings. The van der Waals surface area contributed by atoms with Crippen molar-refractivity contribution in [3.63, 3.8) is 0 Å². The number of Topliss-reactive ketones (excluding diaryl/α,β-unsaturated/α-hetero) is 1. The van der Waals surface area contributed by atoms with Crippen LogP contribution in [-0.2, 0) is 16.1 Å². The molecule has 116 valence electrons. The van der Waals surface area contributed by atoms with Crippen LogP contribution in [0.15, 0.2) is 30.3 Å². The van der Waals surface area contributed by atoms with E-state index < -0.39 is 12.1 Å². The second kappa shape index (κ2) is 7.81. The van der Waals surface area contributed by atoms with E-state index in [1.165, 1.54) is 6.92 Å². The Morgan fingerprint density at radius 3 is 2.38 bits per heavy atom. The van der Waals surface area contributed by atoms with Crippen molar-refractivity contribution in [1.82, 2.24) is 5.32 Å². The van der Waals surface area contributed by atoms with E-state index in [0.29, 0.717) is 6.42 Å². The van der Waals surface area contributed by atoms with E-state index in [4.69, 9.17) is 4.74 Å². The molecule has 1 N–H and O–H groups in total. The summed E-state index contributed by atoms with van der Waals surface area (Å²) in [6.07, 6.45) is 1.00. The zero-order chi connectivity index (χ0) is 15.9. The number of rotatable bonds is 7. The fourth-order valence-electron chi connectivity index (χ4n) is 1.90. The molecule has 1 rings (SSSR count). The molecule has 0 radical (unpaired) electrons. The zero-order valence-electron chi connectivity index (χ0n) is 13.3. The molecule has 0 aliphatic heterocycles. The molecule has 21 heavy (non-hydrogen) atoms. The minimum absolute atomic E-state index is 0.00302. The van der Waals surface area contributed by atoms with E-state index in [-0.39, 0.29) is 17.8 Å². The molecule has 1 amide bonds. The van der Waals surface area contributed by atoms with Gasteiger partial charge >= 0.3 is 6.09 Å². The Bertz CT molecular complexity index is 468. The van der Waals surface area contributed by atoms with E-state index >= 15 is 0 Å². The summed E-state index contributed by atoms with van der Waals surface area (Å²) in [5, 5.41) is 2.67. The van der Waals surface area contributed by atoms with Crippen LogP contribution >= 0.6 is 0 Å². The minimum atomic E-state index is -0.550. The van der Waals surface area contributed by atoms with Crippen LogP contribution in [0.3, 0.4) is 0 Å². The average molecular weight is 291 g/mol. The number of hydrogen-bond acceptors (Lipinski definition) is 3. The molecule has 0 unspecified atom stereocenters. The lowest BCUT2D eigenvalue weighted by atomic mass is 9.82. The van der Waals surface area contributed by atoms with Gasteiger partial charge in [0.05, 0.1) is 6.04 Å². The van der Waals surface area contributed by atoms with Crippen LogP contribution < -0.4 is 5.32 Å². The first-order valence-corrected chi connectivity index (χ1v) is 7.32. The molecule has 0 aliphatic carbocycles. The number of alkyl carbamates (subject to hydrolysis) is 1. The van der Waals surface area contributed by atoms with Crippen LogP contribution in [-0.4, -0.2) is 17.9 Å². The highest BCUT2D eigenvalue weighted by Gasteiger charge is 2.26. The number of ketones is 1. The van der Waals surface area contributed by atoms with Gasteiger partial charge in [0.1, 0.15) is 6.61 Å². The van der Waals surface area contributed by atoms with Gasteiger partial charge in [-0.15, -0.1) is 0 Å². The maximum absolute atomic E-state index is 11.8. The summed E-state index contributed by atoms with van der Waals surface area (Å²) >= 11 is 0. The summed E-state index contributed by atoms with van der Waals surface area (Å²) in [7, 11) is 0. The van der Waals surface area contributed by atoms with Gasteiger partial charge in [-0.3, -0.25) is 4.79 Å². The van der Waals surface area contributed by atoms with E-state index in [1.807, 2.05) is 30.3 Å². The molecule has 4 heteroatoms. The number of carbonyl (C=O) groups excluding carboxylic acids is 2. The summed E-state index contributed by atoms with van der Waals surface area (Å²) in [5.41, 5.74) is 0.921. The molecule has 0 aromatic heterocycles. The van der Waals surface area contributed by atoms with E-state index in [0.717, 1.165) is 12.0 Å². The molecule has 4 nitrogen and oxygen atoms in total. The Kier molecular flexibility index (Phi) is 6.40. The lowest BCUT2D eigenvalue weighted by Gasteiger charge is -2.27. The first-order valence-electron chi connectivity index (χ1n) is 7.32. The van der Waals surface area contributed by atoms with Gasteiger partial charge in [-0.05, 0) is 24.3 Å². The van der Waals surface area contributed by atoms with Crippen LogP contribution in [0.25, 0.3) is 0 Å². The highest BCUT2D eigenvalue weighted by atomic mass is 16.5. The number of amides is 1. The summed E-state index contributed by atoms with van der Waals surface area (Å²) in [5.74, 6) is -0.0480. The topological polar surface area (TPSA) is 55.4 Å². The minimum Gasteiger partial charge on any atom is -0.445 e. The van der Waals surface area contributed by atoms with Crippen LogP contribution in [0.5, 0.6) is 0 Å². The summed E-state index contributed by atoms with van der Waals surface area (Å²) in [6.45, 7) is 7.94. The smallest absolute Gasteiger partial charge is 0.408 e. The van der Waals surface area contributed by atoms with Crippen LogP contribution in [0.4, 0.5) is 4.79 Å². The van der Waals surface area contributed by atoms with Crippen molar-refractivity contribution >= 4 is 11.9 Å². The predicted molar refractivity (Wildman–Crippen MR) is 82.9 cm³/mol. The van der Waals surface area contributed by atoms with E-state index in [9.17, 15) is 9.59 Å². The van der Waals surface area contributed by atoms with Gasteiger partial charge in [0.15, 0.2) is 5.78 Å². The van der Waals surface area contributed by atoms with Crippen molar-refractivity contribution in [2.75, 3.05) is 0 Å². The monoisotopic (exact) mass is 291 g/mol. The Labute approximate surface area is 126 Å². The number of ether oxygens (including phenoxy) is 1. The van der Waals surface area contributed by atoms with Gasteiger partial charge in [0.2, 0.25) is 0 Å². The zero-order valence-corrected chi connectivity index (χ0v) is 13.3. The molecule has 0 spiro atoms. The lowest BCUT2D eigenvalue weighted by Crippen LogP contribution is -2.42. The standard InChI is InChI=1S/C17H25NO3/c1-5-17(3,4)11-15(13(2)19)18-16(20)21-12-14-9-7-6-8-10-14/h6-10,15H,5,11-12H2,1-4H3,(H,18,20)/t15-/m0/s1. The highest BCUT2D eigenvalue weighted by molar-refractivity contribution is 5.85. The Morgan fingerprint density at radius 1 is 1.24 bits per heavy atom. The molecular formula is C17H25NO3. The molecule has 1 atom stereocenters. The van der Waals surface area contributed by atoms with Gasteiger partial charge in [-0.1, -0.05) is 57.5 Å². The van der Waals surface area contributed by atoms with Crippen molar-refractivity contribution in [2.24, 2.45) is 5.41 Å². The summed E-state index contributed by atoms with van der Waals surface area (Å²) in [6, 6.07) is 8.95. The van der Waals surface area contributed by atoms with Crippen molar-refractivity contribution in [2.45, 2.75) is 53.2 Å². The van der Waals surface area contributed by atoms with Crippen molar-refractivity contribution in [1.29, 1.82) is 0 Å². The SMILES string of the molecule is CCC(C)(C)C[C@H](NC(=O)OCc1ccccc1)C(C)=O. The second-order valence-electron chi connectivity index (χ2n) is 6.09. The maximum atomic E-state index is 11.8. The fraction of sp³-hybridized carbons (Fsp3) is 0.529. The third-order valence-corrected chi connectivity index (χ3v) is 3.71. The molecule has 1 aromatic rings. The van der Waals surface area contributed by atoms with Crippen LogP contribution in [0.1, 0.15) is 46.1 Å². The Balaban J connectivity index is 2.51. The number of benzene rings is 1. The van der Waals surface area contributed by atoms with Crippen LogP contribution in [0, 0.1) is 5.41 Å². The van der Waals surface area contributed by atoms with Crippen molar-refractivity contribution < 1.29 is 14.3 Å². The van der Waals surface area contributed by atoms with Gasteiger partial charge in [-0.25, -0.2) is 4.79 Å². The third kappa shape index (κ3) is 6.43. The molecule has 0 aliphatic rings. The van der Waals surface area contributed by atoms with Gasteiger partial charge in [-0.2, -0.15) is 0 Å². The molecule has 0 bridgehead atoms. The summed E-state index contributed by atoms with van der Waals surface area (Å²) in [4.78, 5) is 23.5. The first-order chi connectivity index (χ1) is 9.84.